The molecule has 2 aromatic carbocycles. The van der Waals surface area contributed by atoms with Gasteiger partial charge >= 0.3 is 0 Å². The summed E-state index contributed by atoms with van der Waals surface area (Å²) in [5.74, 6) is -0.220. The number of hydrogen-bond acceptors (Lipinski definition) is 2. The SMILES string of the molecule is CCNC(=O)[C@H](C)N(Cc1ccccc1Cl)C(=O)CCc1ccc(C)cc1. The Labute approximate surface area is 166 Å². The van der Waals surface area contributed by atoms with Crippen LogP contribution in [0.3, 0.4) is 0 Å². The molecule has 0 heterocycles. The Kier molecular flexibility index (Phi) is 7.86. The van der Waals surface area contributed by atoms with Gasteiger partial charge in [0.1, 0.15) is 6.04 Å². The van der Waals surface area contributed by atoms with Crippen molar-refractivity contribution in [2.45, 2.75) is 46.2 Å². The first kappa shape index (κ1) is 21.0. The highest BCUT2D eigenvalue weighted by molar-refractivity contribution is 6.31. The number of likely N-dealkylation sites (N-methyl/N-ethyl adjacent to an activating group) is 1. The summed E-state index contributed by atoms with van der Waals surface area (Å²) < 4.78 is 0. The second kappa shape index (κ2) is 10.1. The lowest BCUT2D eigenvalue weighted by molar-refractivity contribution is -0.140. The lowest BCUT2D eigenvalue weighted by Gasteiger charge is -2.29. The van der Waals surface area contributed by atoms with Crippen molar-refractivity contribution in [2.75, 3.05) is 6.54 Å². The molecule has 144 valence electrons. The Balaban J connectivity index is 2.14. The number of halogens is 1. The van der Waals surface area contributed by atoms with E-state index in [1.807, 2.05) is 56.3 Å². The number of nitrogens with one attached hydrogen (secondary N) is 1. The average molecular weight is 387 g/mol. The summed E-state index contributed by atoms with van der Waals surface area (Å²) in [6, 6.07) is 15.0. The van der Waals surface area contributed by atoms with Crippen molar-refractivity contribution in [3.05, 3.63) is 70.2 Å². The minimum atomic E-state index is -0.563. The molecule has 0 saturated heterocycles. The van der Waals surface area contributed by atoms with E-state index in [1.165, 1.54) is 5.56 Å². The fourth-order valence-corrected chi connectivity index (χ4v) is 3.06. The molecule has 0 saturated carbocycles. The molecule has 0 aliphatic rings. The molecular weight excluding hydrogens is 360 g/mol. The van der Waals surface area contributed by atoms with Gasteiger partial charge in [-0.15, -0.1) is 0 Å². The molecule has 0 aliphatic heterocycles. The molecular formula is C22H27ClN2O2. The number of carbonyl (C=O) groups excluding carboxylic acids is 2. The molecule has 0 spiro atoms. The van der Waals surface area contributed by atoms with Crippen LogP contribution in [0.25, 0.3) is 0 Å². The molecule has 27 heavy (non-hydrogen) atoms. The van der Waals surface area contributed by atoms with Gasteiger partial charge < -0.3 is 10.2 Å². The van der Waals surface area contributed by atoms with E-state index in [-0.39, 0.29) is 11.8 Å². The Hall–Kier alpha value is -2.33. The molecule has 2 aromatic rings. The fourth-order valence-electron chi connectivity index (χ4n) is 2.86. The third kappa shape index (κ3) is 6.10. The van der Waals surface area contributed by atoms with E-state index >= 15 is 0 Å². The van der Waals surface area contributed by atoms with Crippen LogP contribution < -0.4 is 5.32 Å². The molecule has 2 rings (SSSR count). The van der Waals surface area contributed by atoms with Gasteiger partial charge in [0, 0.05) is 24.5 Å². The highest BCUT2D eigenvalue weighted by atomic mass is 35.5. The zero-order valence-electron chi connectivity index (χ0n) is 16.2. The predicted octanol–water partition coefficient (Wildman–Crippen LogP) is 4.13. The quantitative estimate of drug-likeness (QED) is 0.741. The topological polar surface area (TPSA) is 49.4 Å². The molecule has 0 unspecified atom stereocenters. The number of amides is 2. The van der Waals surface area contributed by atoms with Crippen LogP contribution in [-0.2, 0) is 22.6 Å². The molecule has 0 aliphatic carbocycles. The van der Waals surface area contributed by atoms with Gasteiger partial charge in [-0.3, -0.25) is 9.59 Å². The summed E-state index contributed by atoms with van der Waals surface area (Å²) in [6.07, 6.45) is 0.984. The van der Waals surface area contributed by atoms with Crippen LogP contribution in [-0.4, -0.2) is 29.3 Å². The lowest BCUT2D eigenvalue weighted by Crippen LogP contribution is -2.47. The number of nitrogens with zero attached hydrogens (tertiary/aromatic N) is 1. The minimum absolute atomic E-state index is 0.0609. The summed E-state index contributed by atoms with van der Waals surface area (Å²) >= 11 is 6.27. The highest BCUT2D eigenvalue weighted by Crippen LogP contribution is 2.19. The molecule has 5 heteroatoms. The van der Waals surface area contributed by atoms with Gasteiger partial charge in [-0.1, -0.05) is 59.6 Å². The summed E-state index contributed by atoms with van der Waals surface area (Å²) in [4.78, 5) is 26.9. The van der Waals surface area contributed by atoms with Crippen molar-refractivity contribution in [1.82, 2.24) is 10.2 Å². The number of hydrogen-bond donors (Lipinski definition) is 1. The molecule has 0 aromatic heterocycles. The molecule has 4 nitrogen and oxygen atoms in total. The van der Waals surface area contributed by atoms with E-state index in [0.717, 1.165) is 11.1 Å². The Morgan fingerprint density at radius 2 is 1.78 bits per heavy atom. The third-order valence-corrected chi connectivity index (χ3v) is 4.93. The molecule has 0 radical (unpaired) electrons. The summed E-state index contributed by atoms with van der Waals surface area (Å²) in [7, 11) is 0. The standard InChI is InChI=1S/C22H27ClN2O2/c1-4-24-22(27)17(3)25(15-19-7-5-6-8-20(19)23)21(26)14-13-18-11-9-16(2)10-12-18/h5-12,17H,4,13-15H2,1-3H3,(H,24,27)/t17-/m0/s1. The van der Waals surface area contributed by atoms with Gasteiger partial charge in [0.25, 0.3) is 0 Å². The van der Waals surface area contributed by atoms with Crippen molar-refractivity contribution >= 4 is 23.4 Å². The van der Waals surface area contributed by atoms with Gasteiger partial charge in [0.15, 0.2) is 0 Å². The van der Waals surface area contributed by atoms with E-state index in [2.05, 4.69) is 5.32 Å². The van der Waals surface area contributed by atoms with Crippen LogP contribution in [0.1, 0.15) is 37.0 Å². The summed E-state index contributed by atoms with van der Waals surface area (Å²) in [6.45, 7) is 6.49. The molecule has 1 N–H and O–H groups in total. The van der Waals surface area contributed by atoms with Crippen molar-refractivity contribution in [1.29, 1.82) is 0 Å². The Morgan fingerprint density at radius 1 is 1.11 bits per heavy atom. The first-order valence-corrected chi connectivity index (χ1v) is 9.66. The normalized spacial score (nSPS) is 11.7. The summed E-state index contributed by atoms with van der Waals surface area (Å²) in [5, 5.41) is 3.39. The molecule has 0 fully saturated rings. The number of carbonyl (C=O) groups is 2. The van der Waals surface area contributed by atoms with Gasteiger partial charge in [-0.05, 0) is 44.4 Å². The van der Waals surface area contributed by atoms with Crippen LogP contribution in [0.15, 0.2) is 48.5 Å². The van der Waals surface area contributed by atoms with E-state index in [1.54, 1.807) is 17.9 Å². The molecule has 0 bridgehead atoms. The maximum atomic E-state index is 13.0. The van der Waals surface area contributed by atoms with Crippen molar-refractivity contribution < 1.29 is 9.59 Å². The first-order valence-electron chi connectivity index (χ1n) is 9.28. The lowest BCUT2D eigenvalue weighted by atomic mass is 10.1. The van der Waals surface area contributed by atoms with Crippen LogP contribution in [0.5, 0.6) is 0 Å². The van der Waals surface area contributed by atoms with Gasteiger partial charge in [-0.25, -0.2) is 0 Å². The molecule has 2 amide bonds. The van der Waals surface area contributed by atoms with E-state index in [0.29, 0.717) is 31.0 Å². The summed E-state index contributed by atoms with van der Waals surface area (Å²) in [5.41, 5.74) is 3.13. The smallest absolute Gasteiger partial charge is 0.242 e. The average Bonchev–Trinajstić information content (AvgIpc) is 2.66. The number of rotatable bonds is 8. The zero-order chi connectivity index (χ0) is 19.8. The second-order valence-electron chi connectivity index (χ2n) is 6.67. The van der Waals surface area contributed by atoms with Crippen molar-refractivity contribution in [2.24, 2.45) is 0 Å². The van der Waals surface area contributed by atoms with Crippen LogP contribution in [0.2, 0.25) is 5.02 Å². The van der Waals surface area contributed by atoms with Gasteiger partial charge in [-0.2, -0.15) is 0 Å². The van der Waals surface area contributed by atoms with Crippen LogP contribution >= 0.6 is 11.6 Å². The first-order chi connectivity index (χ1) is 12.9. The number of aryl methyl sites for hydroxylation is 2. The Bertz CT molecular complexity index is 774. The zero-order valence-corrected chi connectivity index (χ0v) is 16.9. The predicted molar refractivity (Wildman–Crippen MR) is 110 cm³/mol. The Morgan fingerprint density at radius 3 is 2.41 bits per heavy atom. The van der Waals surface area contributed by atoms with Crippen LogP contribution in [0, 0.1) is 6.92 Å². The van der Waals surface area contributed by atoms with Gasteiger partial charge in [0.05, 0.1) is 0 Å². The number of benzene rings is 2. The molecule has 1 atom stereocenters. The monoisotopic (exact) mass is 386 g/mol. The largest absolute Gasteiger partial charge is 0.355 e. The van der Waals surface area contributed by atoms with Crippen LogP contribution in [0.4, 0.5) is 0 Å². The van der Waals surface area contributed by atoms with Gasteiger partial charge in [0.2, 0.25) is 11.8 Å². The van der Waals surface area contributed by atoms with Crippen molar-refractivity contribution in [3.63, 3.8) is 0 Å². The third-order valence-electron chi connectivity index (χ3n) is 4.56. The second-order valence-corrected chi connectivity index (χ2v) is 7.08. The van der Waals surface area contributed by atoms with E-state index < -0.39 is 6.04 Å². The van der Waals surface area contributed by atoms with E-state index in [9.17, 15) is 9.59 Å². The highest BCUT2D eigenvalue weighted by Gasteiger charge is 2.26. The van der Waals surface area contributed by atoms with Crippen molar-refractivity contribution in [3.8, 4) is 0 Å². The maximum absolute atomic E-state index is 13.0. The fraction of sp³-hybridized carbons (Fsp3) is 0.364. The maximum Gasteiger partial charge on any atom is 0.242 e. The van der Waals surface area contributed by atoms with E-state index in [4.69, 9.17) is 11.6 Å². The minimum Gasteiger partial charge on any atom is -0.355 e.